The van der Waals surface area contributed by atoms with E-state index in [0.717, 1.165) is 40.4 Å². The maximum absolute atomic E-state index is 13.1. The Labute approximate surface area is 378 Å². The summed E-state index contributed by atoms with van der Waals surface area (Å²) in [7, 11) is 0. The minimum absolute atomic E-state index is 0.0127. The molecule has 0 spiro atoms. The maximum Gasteiger partial charge on any atom is 0.354 e. The number of H-pyrrole nitrogens is 2. The van der Waals surface area contributed by atoms with Crippen molar-refractivity contribution in [2.24, 2.45) is 0 Å². The van der Waals surface area contributed by atoms with Crippen LogP contribution < -0.4 is 11.1 Å². The molecule has 340 valence electrons. The van der Waals surface area contributed by atoms with Crippen LogP contribution in [0.2, 0.25) is 0 Å². The summed E-state index contributed by atoms with van der Waals surface area (Å²) in [4.78, 5) is 57.8. The summed E-state index contributed by atoms with van der Waals surface area (Å²) in [6.07, 6.45) is 25.0. The zero-order valence-corrected chi connectivity index (χ0v) is 37.0. The topological polar surface area (TPSA) is 193 Å². The van der Waals surface area contributed by atoms with Crippen molar-refractivity contribution in [1.29, 1.82) is 0 Å². The lowest BCUT2D eigenvalue weighted by atomic mass is 9.97. The van der Waals surface area contributed by atoms with E-state index in [-0.39, 0.29) is 28.8 Å². The van der Waals surface area contributed by atoms with Gasteiger partial charge in [0.15, 0.2) is 0 Å². The number of aromatic nitrogens is 6. The highest BCUT2D eigenvalue weighted by molar-refractivity contribution is 5.92. The van der Waals surface area contributed by atoms with E-state index in [2.05, 4.69) is 30.4 Å². The van der Waals surface area contributed by atoms with Gasteiger partial charge < -0.3 is 19.5 Å². The molecule has 2 aromatic carbocycles. The fourth-order valence-electron chi connectivity index (χ4n) is 9.55. The molecule has 3 aliphatic carbocycles. The number of carboxylic acids is 1. The zero-order valence-electron chi connectivity index (χ0n) is 37.0. The van der Waals surface area contributed by atoms with E-state index in [1.807, 2.05) is 47.4 Å². The van der Waals surface area contributed by atoms with E-state index >= 15 is 0 Å². The van der Waals surface area contributed by atoms with Gasteiger partial charge in [-0.3, -0.25) is 19.4 Å². The first kappa shape index (κ1) is 45.4. The molecular formula is C51H59N7O7. The lowest BCUT2D eigenvalue weighted by Gasteiger charge is -2.33. The second-order valence-corrected chi connectivity index (χ2v) is 17.7. The number of carboxylic acid groups (broad SMARTS) is 1. The van der Waals surface area contributed by atoms with Crippen LogP contribution in [-0.4, -0.2) is 89.8 Å². The Morgan fingerprint density at radius 2 is 0.954 bits per heavy atom. The van der Waals surface area contributed by atoms with Crippen LogP contribution in [0.1, 0.15) is 140 Å². The number of hydrogen-bond acceptors (Lipinski definition) is 10. The van der Waals surface area contributed by atoms with Gasteiger partial charge in [0.1, 0.15) is 11.4 Å². The molecule has 6 aromatic rings. The standard InChI is InChI=1S/C25H28N4O3.C15H11N3O3.C11H20O/c30-24-21-8-4-3-7-20(21)22(27-28-24)15-17-9-12-26-23(16-17)25(31)29-13-10-19(11-14-29)32-18-5-1-2-6-18;19-14-11-4-2-1-3-10(11)12(17-18-14)7-9-5-6-16-13(8-9)15(20)21;1-2-6-10(7-3-1)12-11-8-4-5-9-11/h3-4,7-9,12,16,18-19H,1-2,5-6,10-11,13-15H2,(H,28,30);1-6,8H,7H2,(H,18,19)(H,20,21);10-11H,1-9H2. The second-order valence-electron chi connectivity index (χ2n) is 17.7. The van der Waals surface area contributed by atoms with Crippen LogP contribution in [0.4, 0.5) is 0 Å². The van der Waals surface area contributed by atoms with E-state index in [9.17, 15) is 19.2 Å². The van der Waals surface area contributed by atoms with Gasteiger partial charge in [-0.05, 0) is 98.9 Å². The third kappa shape index (κ3) is 12.2. The van der Waals surface area contributed by atoms with Crippen LogP contribution in [0, 0.1) is 0 Å². The number of fused-ring (bicyclic) bond motifs is 2. The van der Waals surface area contributed by atoms with Crippen molar-refractivity contribution in [2.45, 2.75) is 134 Å². The molecule has 65 heavy (non-hydrogen) atoms. The molecular weight excluding hydrogens is 823 g/mol. The molecule has 4 aliphatic rings. The number of rotatable bonds is 10. The molecule has 5 heterocycles. The number of likely N-dealkylation sites (tertiary alicyclic amines) is 1. The van der Waals surface area contributed by atoms with Crippen molar-refractivity contribution in [3.63, 3.8) is 0 Å². The Kier molecular flexibility index (Phi) is 15.5. The van der Waals surface area contributed by atoms with Crippen molar-refractivity contribution in [3.8, 4) is 0 Å². The van der Waals surface area contributed by atoms with Crippen LogP contribution in [0.15, 0.2) is 94.8 Å². The smallest absolute Gasteiger partial charge is 0.354 e. The molecule has 3 saturated carbocycles. The van der Waals surface area contributed by atoms with E-state index in [0.29, 0.717) is 66.4 Å². The van der Waals surface area contributed by atoms with Gasteiger partial charge in [-0.2, -0.15) is 10.2 Å². The first-order chi connectivity index (χ1) is 31.8. The molecule has 1 aliphatic heterocycles. The predicted octanol–water partition coefficient (Wildman–Crippen LogP) is 8.36. The van der Waals surface area contributed by atoms with E-state index in [1.54, 1.807) is 30.5 Å². The highest BCUT2D eigenvalue weighted by atomic mass is 16.5. The summed E-state index contributed by atoms with van der Waals surface area (Å²) in [5, 5.41) is 25.1. The minimum Gasteiger partial charge on any atom is -0.477 e. The summed E-state index contributed by atoms with van der Waals surface area (Å²) < 4.78 is 12.3. The summed E-state index contributed by atoms with van der Waals surface area (Å²) in [5.41, 5.74) is 3.17. The van der Waals surface area contributed by atoms with E-state index in [4.69, 9.17) is 14.6 Å². The first-order valence-electron chi connectivity index (χ1n) is 23.4. The fourth-order valence-corrected chi connectivity index (χ4v) is 9.55. The van der Waals surface area contributed by atoms with Gasteiger partial charge >= 0.3 is 5.97 Å². The Morgan fingerprint density at radius 1 is 0.554 bits per heavy atom. The monoisotopic (exact) mass is 881 g/mol. The second kappa shape index (κ2) is 22.2. The molecule has 0 unspecified atom stereocenters. The maximum atomic E-state index is 13.1. The number of pyridine rings is 2. The number of carbonyl (C=O) groups excluding carboxylic acids is 1. The summed E-state index contributed by atoms with van der Waals surface area (Å²) in [6, 6.07) is 21.6. The molecule has 10 rings (SSSR count). The number of nitrogens with one attached hydrogen (secondary N) is 2. The van der Waals surface area contributed by atoms with Gasteiger partial charge in [0.2, 0.25) is 0 Å². The van der Waals surface area contributed by atoms with Gasteiger partial charge in [0.05, 0.1) is 46.6 Å². The molecule has 0 radical (unpaired) electrons. The molecule has 0 bridgehead atoms. The number of aromatic carboxylic acids is 1. The summed E-state index contributed by atoms with van der Waals surface area (Å²) in [6.45, 7) is 1.41. The van der Waals surface area contributed by atoms with Gasteiger partial charge in [0.25, 0.3) is 17.0 Å². The highest BCUT2D eigenvalue weighted by Gasteiger charge is 2.28. The number of aromatic amines is 2. The van der Waals surface area contributed by atoms with Crippen LogP contribution >= 0.6 is 0 Å². The zero-order chi connectivity index (χ0) is 45.0. The predicted molar refractivity (Wildman–Crippen MR) is 248 cm³/mol. The third-order valence-corrected chi connectivity index (χ3v) is 13.0. The Morgan fingerprint density at radius 3 is 1.42 bits per heavy atom. The Bertz CT molecular complexity index is 2660. The van der Waals surface area contributed by atoms with Crippen molar-refractivity contribution in [1.82, 2.24) is 35.3 Å². The first-order valence-corrected chi connectivity index (χ1v) is 23.4. The molecule has 0 atom stereocenters. The molecule has 14 heteroatoms. The van der Waals surface area contributed by atoms with E-state index in [1.165, 1.54) is 95.7 Å². The van der Waals surface area contributed by atoms with E-state index < -0.39 is 5.97 Å². The average molecular weight is 882 g/mol. The van der Waals surface area contributed by atoms with Gasteiger partial charge in [0, 0.05) is 49.1 Å². The van der Waals surface area contributed by atoms with Crippen molar-refractivity contribution in [2.75, 3.05) is 13.1 Å². The number of carbonyl (C=O) groups is 2. The summed E-state index contributed by atoms with van der Waals surface area (Å²) >= 11 is 0. The quantitative estimate of drug-likeness (QED) is 0.120. The molecule has 1 saturated heterocycles. The Balaban J connectivity index is 0.000000149. The van der Waals surface area contributed by atoms with Crippen LogP contribution in [0.5, 0.6) is 0 Å². The van der Waals surface area contributed by atoms with Crippen LogP contribution in [0.3, 0.4) is 0 Å². The highest BCUT2D eigenvalue weighted by Crippen LogP contribution is 2.28. The lowest BCUT2D eigenvalue weighted by Crippen LogP contribution is -2.42. The van der Waals surface area contributed by atoms with Crippen molar-refractivity contribution in [3.05, 3.63) is 140 Å². The third-order valence-electron chi connectivity index (χ3n) is 13.0. The van der Waals surface area contributed by atoms with Crippen LogP contribution in [0.25, 0.3) is 21.5 Å². The number of ether oxygens (including phenoxy) is 2. The number of piperidine rings is 1. The van der Waals surface area contributed by atoms with Crippen LogP contribution in [-0.2, 0) is 22.3 Å². The lowest BCUT2D eigenvalue weighted by molar-refractivity contribution is -0.0358. The number of benzene rings is 2. The molecule has 4 fully saturated rings. The van der Waals surface area contributed by atoms with Crippen molar-refractivity contribution < 1.29 is 24.2 Å². The molecule has 4 aromatic heterocycles. The molecule has 14 nitrogen and oxygen atoms in total. The number of nitrogens with zero attached hydrogens (tertiary/aromatic N) is 5. The number of hydrogen-bond donors (Lipinski definition) is 3. The summed E-state index contributed by atoms with van der Waals surface area (Å²) in [5.74, 6) is -1.11. The average Bonchev–Trinajstić information content (AvgIpc) is 4.07. The fraction of sp³-hybridized carbons (Fsp3) is 0.451. The molecule has 1 amide bonds. The SMILES string of the molecule is C1CCC(OC2CCCC2)CC1.O=C(O)c1cc(Cc2n[nH]c(=O)c3ccccc23)ccn1.O=C(c1cc(Cc2n[nH]c(=O)c3ccccc23)ccn1)N1CCC(OC2CCCC2)CC1. The van der Waals surface area contributed by atoms with Gasteiger partial charge in [-0.1, -0.05) is 81.3 Å². The normalized spacial score (nSPS) is 17.4. The minimum atomic E-state index is -1.07. The van der Waals surface area contributed by atoms with Gasteiger partial charge in [-0.15, -0.1) is 0 Å². The largest absolute Gasteiger partial charge is 0.477 e. The van der Waals surface area contributed by atoms with Gasteiger partial charge in [-0.25, -0.2) is 20.0 Å². The van der Waals surface area contributed by atoms with Crippen molar-refractivity contribution >= 4 is 33.4 Å². The molecule has 3 N–H and O–H groups in total. The Hall–Kier alpha value is -6.12. The number of amides is 1.